The number of rotatable bonds is 0. The molecule has 5 nitrogen and oxygen atoms in total. The summed E-state index contributed by atoms with van der Waals surface area (Å²) in [7, 11) is 1.80. The molecule has 2 heterocycles. The summed E-state index contributed by atoms with van der Waals surface area (Å²) in [4.78, 5) is 11.7. The van der Waals surface area contributed by atoms with Crippen LogP contribution in [0.25, 0.3) is 11.2 Å². The number of fused-ring (bicyclic) bond motifs is 1. The van der Waals surface area contributed by atoms with Gasteiger partial charge in [-0.1, -0.05) is 0 Å². The molecule has 2 rings (SSSR count). The minimum absolute atomic E-state index is 0. The topological polar surface area (TPSA) is 69.6 Å². The van der Waals surface area contributed by atoms with Crippen LogP contribution in [0.3, 0.4) is 0 Å². The van der Waals surface area contributed by atoms with Crippen LogP contribution >= 0.6 is 0 Å². The van der Waals surface area contributed by atoms with Gasteiger partial charge in [-0.05, 0) is 6.20 Å². The maximum atomic E-state index is 5.52. The van der Waals surface area contributed by atoms with E-state index in [2.05, 4.69) is 21.1 Å². The number of nitrogen functional groups attached to an aromatic ring is 1. The van der Waals surface area contributed by atoms with Crippen molar-refractivity contribution in [1.29, 1.82) is 0 Å². The minimum atomic E-state index is 0. The standard InChI is InChI=1S/C6H6N5.Y/c1-11-5-4(10-6(11)7)2-8-3-9-5;/h3H,1H3,(H2,7,10);/q-1;. The second kappa shape index (κ2) is 3.45. The normalized spacial score (nSPS) is 9.75. The molecule has 59 valence electrons. The minimum Gasteiger partial charge on any atom is -0.374 e. The van der Waals surface area contributed by atoms with E-state index in [-0.39, 0.29) is 32.7 Å². The van der Waals surface area contributed by atoms with E-state index < -0.39 is 0 Å². The van der Waals surface area contributed by atoms with E-state index in [4.69, 9.17) is 5.73 Å². The van der Waals surface area contributed by atoms with Gasteiger partial charge in [0.25, 0.3) is 0 Å². The van der Waals surface area contributed by atoms with Crippen LogP contribution in [0.1, 0.15) is 0 Å². The quantitative estimate of drug-likeness (QED) is 0.641. The zero-order valence-corrected chi connectivity index (χ0v) is 9.36. The number of hydrogen-bond donors (Lipinski definition) is 1. The second-order valence-electron chi connectivity index (χ2n) is 2.19. The monoisotopic (exact) mass is 237 g/mol. The summed E-state index contributed by atoms with van der Waals surface area (Å²) in [6, 6.07) is 0. The number of aryl methyl sites for hydroxylation is 1. The first kappa shape index (κ1) is 9.54. The van der Waals surface area contributed by atoms with E-state index in [1.165, 1.54) is 6.33 Å². The van der Waals surface area contributed by atoms with E-state index in [0.717, 1.165) is 0 Å². The van der Waals surface area contributed by atoms with Gasteiger partial charge in [-0.2, -0.15) is 0 Å². The van der Waals surface area contributed by atoms with Gasteiger partial charge in [0.15, 0.2) is 5.95 Å². The molecule has 1 radical (unpaired) electrons. The Kier molecular flexibility index (Phi) is 2.74. The van der Waals surface area contributed by atoms with E-state index >= 15 is 0 Å². The Balaban J connectivity index is 0.000000720. The van der Waals surface area contributed by atoms with Crippen molar-refractivity contribution in [1.82, 2.24) is 19.5 Å². The van der Waals surface area contributed by atoms with Gasteiger partial charge >= 0.3 is 0 Å². The number of anilines is 1. The molecule has 0 bridgehead atoms. The molecule has 0 aliphatic rings. The van der Waals surface area contributed by atoms with E-state index in [1.54, 1.807) is 11.6 Å². The van der Waals surface area contributed by atoms with Gasteiger partial charge in [-0.15, -0.1) is 0 Å². The van der Waals surface area contributed by atoms with Crippen molar-refractivity contribution >= 4 is 17.1 Å². The summed E-state index contributed by atoms with van der Waals surface area (Å²) in [5, 5.41) is 0. The zero-order valence-electron chi connectivity index (χ0n) is 6.52. The van der Waals surface area contributed by atoms with Gasteiger partial charge in [0.1, 0.15) is 0 Å². The summed E-state index contributed by atoms with van der Waals surface area (Å²) < 4.78 is 1.69. The Labute approximate surface area is 94.3 Å². The van der Waals surface area contributed by atoms with Gasteiger partial charge in [0.2, 0.25) is 0 Å². The molecule has 0 saturated carbocycles. The zero-order chi connectivity index (χ0) is 7.84. The SMILES string of the molecule is Cn1c(N)nc2[c-]ncnc21.[Y]. The number of hydrogen-bond acceptors (Lipinski definition) is 4. The summed E-state index contributed by atoms with van der Waals surface area (Å²) >= 11 is 0. The van der Waals surface area contributed by atoms with Crippen molar-refractivity contribution in [2.24, 2.45) is 7.05 Å². The summed E-state index contributed by atoms with van der Waals surface area (Å²) in [6.07, 6.45) is 4.11. The molecule has 2 aromatic heterocycles. The predicted molar refractivity (Wildman–Crippen MR) is 39.6 cm³/mol. The Morgan fingerprint density at radius 2 is 2.33 bits per heavy atom. The van der Waals surface area contributed by atoms with Gasteiger partial charge < -0.3 is 20.3 Å². The molecule has 0 aliphatic carbocycles. The van der Waals surface area contributed by atoms with Gasteiger partial charge in [-0.25, -0.2) is 4.98 Å². The van der Waals surface area contributed by atoms with Gasteiger partial charge in [0.05, 0.1) is 0 Å². The first-order valence-corrected chi connectivity index (χ1v) is 3.09. The Morgan fingerprint density at radius 3 is 3.00 bits per heavy atom. The van der Waals surface area contributed by atoms with Crippen LogP contribution in [0.2, 0.25) is 0 Å². The van der Waals surface area contributed by atoms with Crippen molar-refractivity contribution in [2.75, 3.05) is 5.73 Å². The average molecular weight is 237 g/mol. The molecule has 2 N–H and O–H groups in total. The molecular formula is C6H6N5Y-. The van der Waals surface area contributed by atoms with Crippen LogP contribution in [0.4, 0.5) is 5.95 Å². The summed E-state index contributed by atoms with van der Waals surface area (Å²) in [6.45, 7) is 0. The fourth-order valence-electron chi connectivity index (χ4n) is 0.903. The molecule has 6 heteroatoms. The molecule has 0 aliphatic heterocycles. The summed E-state index contributed by atoms with van der Waals surface area (Å²) in [5.74, 6) is 0.428. The van der Waals surface area contributed by atoms with Crippen molar-refractivity contribution in [3.63, 3.8) is 0 Å². The van der Waals surface area contributed by atoms with Crippen LogP contribution in [0.15, 0.2) is 6.33 Å². The first-order valence-electron chi connectivity index (χ1n) is 3.09. The Bertz CT molecular complexity index is 396. The largest absolute Gasteiger partial charge is 0.374 e. The van der Waals surface area contributed by atoms with E-state index in [1.807, 2.05) is 0 Å². The maximum Gasteiger partial charge on any atom is 0.188 e. The van der Waals surface area contributed by atoms with Gasteiger partial charge in [-0.3, -0.25) is 0 Å². The third kappa shape index (κ3) is 1.34. The van der Waals surface area contributed by atoms with Crippen molar-refractivity contribution in [3.05, 3.63) is 12.5 Å². The molecule has 0 saturated heterocycles. The van der Waals surface area contributed by atoms with Crippen LogP contribution < -0.4 is 5.73 Å². The van der Waals surface area contributed by atoms with Crippen molar-refractivity contribution in [3.8, 4) is 0 Å². The molecule has 0 aromatic carbocycles. The second-order valence-corrected chi connectivity index (χ2v) is 2.19. The number of nitrogens with two attached hydrogens (primary N) is 1. The third-order valence-corrected chi connectivity index (χ3v) is 1.51. The number of imidazole rings is 1. The molecular weight excluding hydrogens is 231 g/mol. The Morgan fingerprint density at radius 1 is 1.58 bits per heavy atom. The van der Waals surface area contributed by atoms with Crippen molar-refractivity contribution in [2.45, 2.75) is 0 Å². The molecule has 0 fully saturated rings. The van der Waals surface area contributed by atoms with Crippen LogP contribution in [-0.2, 0) is 39.8 Å². The first-order chi connectivity index (χ1) is 5.29. The van der Waals surface area contributed by atoms with Crippen LogP contribution in [0, 0.1) is 6.20 Å². The molecule has 2 aromatic rings. The fraction of sp³-hybridized carbons (Fsp3) is 0.167. The van der Waals surface area contributed by atoms with E-state index in [0.29, 0.717) is 17.1 Å². The number of aromatic nitrogens is 4. The predicted octanol–water partition coefficient (Wildman–Crippen LogP) is -0.257. The molecule has 0 spiro atoms. The fourth-order valence-corrected chi connectivity index (χ4v) is 0.903. The smallest absolute Gasteiger partial charge is 0.188 e. The van der Waals surface area contributed by atoms with E-state index in [9.17, 15) is 0 Å². The Hall–Kier alpha value is -0.546. The molecule has 12 heavy (non-hydrogen) atoms. The summed E-state index contributed by atoms with van der Waals surface area (Å²) in [5.41, 5.74) is 6.83. The third-order valence-electron chi connectivity index (χ3n) is 1.51. The number of nitrogens with zero attached hydrogens (tertiary/aromatic N) is 4. The van der Waals surface area contributed by atoms with Crippen molar-refractivity contribution < 1.29 is 32.7 Å². The van der Waals surface area contributed by atoms with Crippen LogP contribution in [0.5, 0.6) is 0 Å². The maximum absolute atomic E-state index is 5.52. The molecule has 0 amide bonds. The van der Waals surface area contributed by atoms with Crippen LogP contribution in [-0.4, -0.2) is 19.5 Å². The molecule has 0 atom stereocenters. The molecule has 0 unspecified atom stereocenters. The average Bonchev–Trinajstić information content (AvgIpc) is 2.30. The van der Waals surface area contributed by atoms with Gasteiger partial charge in [0, 0.05) is 57.2 Å².